The molecule has 0 aliphatic carbocycles. The van der Waals surface area contributed by atoms with Gasteiger partial charge in [-0.1, -0.05) is 12.1 Å². The number of nitrogens with one attached hydrogen (secondary N) is 1. The van der Waals surface area contributed by atoms with Crippen molar-refractivity contribution in [3.63, 3.8) is 0 Å². The molecule has 0 spiro atoms. The first-order valence-corrected chi connectivity index (χ1v) is 6.64. The summed E-state index contributed by atoms with van der Waals surface area (Å²) in [5, 5.41) is 2.73. The molecule has 2 aromatic heterocycles. The minimum Gasteiger partial charge on any atom is -0.487 e. The number of anilines is 1. The summed E-state index contributed by atoms with van der Waals surface area (Å²) in [6, 6.07) is 13.1. The van der Waals surface area contributed by atoms with Crippen molar-refractivity contribution in [2.24, 2.45) is 0 Å². The van der Waals surface area contributed by atoms with Gasteiger partial charge in [-0.15, -0.1) is 0 Å². The minimum absolute atomic E-state index is 0.104. The van der Waals surface area contributed by atoms with Gasteiger partial charge in [0.25, 0.3) is 0 Å². The van der Waals surface area contributed by atoms with E-state index in [9.17, 15) is 4.79 Å². The van der Waals surface area contributed by atoms with Crippen LogP contribution in [-0.2, 0) is 11.4 Å². The first-order chi connectivity index (χ1) is 10.2. The number of imidazole rings is 1. The average molecular weight is 281 g/mol. The van der Waals surface area contributed by atoms with Gasteiger partial charge < -0.3 is 14.5 Å². The number of benzene rings is 1. The number of pyridine rings is 1. The van der Waals surface area contributed by atoms with E-state index in [1.807, 2.05) is 53.2 Å². The van der Waals surface area contributed by atoms with Crippen LogP contribution >= 0.6 is 0 Å². The largest absolute Gasteiger partial charge is 0.487 e. The Hall–Kier alpha value is -2.82. The lowest BCUT2D eigenvalue weighted by Crippen LogP contribution is -2.05. The predicted octanol–water partition coefficient (Wildman–Crippen LogP) is 2.87. The molecule has 0 saturated carbocycles. The Labute approximate surface area is 122 Å². The number of amides is 1. The van der Waals surface area contributed by atoms with Crippen molar-refractivity contribution < 1.29 is 9.53 Å². The standard InChI is InChI=1S/C16H15N3O2/c1-12(20)17-13-5-4-6-15(9-13)21-11-14-10-19-8-3-2-7-16(19)18-14/h2-10H,11H2,1H3,(H,17,20). The summed E-state index contributed by atoms with van der Waals surface area (Å²) in [6.07, 6.45) is 3.89. The fourth-order valence-corrected chi connectivity index (χ4v) is 2.08. The van der Waals surface area contributed by atoms with Crippen LogP contribution in [0, 0.1) is 0 Å². The summed E-state index contributed by atoms with van der Waals surface area (Å²) in [6.45, 7) is 1.86. The molecule has 2 heterocycles. The Bertz CT molecular complexity index is 747. The lowest BCUT2D eigenvalue weighted by atomic mass is 10.3. The zero-order chi connectivity index (χ0) is 14.7. The number of carbonyl (C=O) groups excluding carboxylic acids is 1. The van der Waals surface area contributed by atoms with Crippen molar-refractivity contribution in [3.8, 4) is 5.75 Å². The SMILES string of the molecule is CC(=O)Nc1cccc(OCc2cn3ccccc3n2)c1. The van der Waals surface area contributed by atoms with Gasteiger partial charge in [-0.25, -0.2) is 4.98 Å². The topological polar surface area (TPSA) is 55.6 Å². The second-order valence-electron chi connectivity index (χ2n) is 4.70. The number of carbonyl (C=O) groups is 1. The van der Waals surface area contributed by atoms with E-state index in [-0.39, 0.29) is 5.91 Å². The molecule has 106 valence electrons. The van der Waals surface area contributed by atoms with E-state index in [4.69, 9.17) is 4.74 Å². The summed E-state index contributed by atoms with van der Waals surface area (Å²) in [5.41, 5.74) is 2.46. The lowest BCUT2D eigenvalue weighted by molar-refractivity contribution is -0.114. The lowest BCUT2D eigenvalue weighted by Gasteiger charge is -2.07. The Kier molecular flexibility index (Phi) is 3.55. The Morgan fingerprint density at radius 1 is 1.29 bits per heavy atom. The van der Waals surface area contributed by atoms with Crippen LogP contribution in [0.25, 0.3) is 5.65 Å². The molecular formula is C16H15N3O2. The van der Waals surface area contributed by atoms with Crippen molar-refractivity contribution in [1.29, 1.82) is 0 Å². The van der Waals surface area contributed by atoms with Gasteiger partial charge in [0.2, 0.25) is 5.91 Å². The number of fused-ring (bicyclic) bond motifs is 1. The molecule has 0 saturated heterocycles. The Morgan fingerprint density at radius 3 is 3.00 bits per heavy atom. The molecule has 1 amide bonds. The second-order valence-corrected chi connectivity index (χ2v) is 4.70. The van der Waals surface area contributed by atoms with E-state index in [0.717, 1.165) is 17.0 Å². The molecule has 0 aliphatic rings. The molecule has 21 heavy (non-hydrogen) atoms. The van der Waals surface area contributed by atoms with Gasteiger partial charge in [-0.2, -0.15) is 0 Å². The third-order valence-electron chi connectivity index (χ3n) is 2.96. The van der Waals surface area contributed by atoms with Crippen molar-refractivity contribution >= 4 is 17.2 Å². The molecule has 1 aromatic carbocycles. The first kappa shape index (κ1) is 13.2. The second kappa shape index (κ2) is 5.66. The number of aromatic nitrogens is 2. The number of rotatable bonds is 4. The highest BCUT2D eigenvalue weighted by Crippen LogP contribution is 2.18. The number of hydrogen-bond acceptors (Lipinski definition) is 3. The maximum atomic E-state index is 11.0. The Morgan fingerprint density at radius 2 is 2.19 bits per heavy atom. The van der Waals surface area contributed by atoms with Crippen LogP contribution in [0.1, 0.15) is 12.6 Å². The van der Waals surface area contributed by atoms with Gasteiger partial charge in [-0.3, -0.25) is 4.79 Å². The smallest absolute Gasteiger partial charge is 0.221 e. The van der Waals surface area contributed by atoms with Crippen LogP contribution in [0.4, 0.5) is 5.69 Å². The van der Waals surface area contributed by atoms with Crippen LogP contribution in [0.15, 0.2) is 54.9 Å². The van der Waals surface area contributed by atoms with Gasteiger partial charge in [0, 0.05) is 31.1 Å². The third-order valence-corrected chi connectivity index (χ3v) is 2.96. The zero-order valence-electron chi connectivity index (χ0n) is 11.6. The number of nitrogens with zero attached hydrogens (tertiary/aromatic N) is 2. The van der Waals surface area contributed by atoms with Gasteiger partial charge in [0.15, 0.2) is 0 Å². The van der Waals surface area contributed by atoms with Gasteiger partial charge in [0.05, 0.1) is 5.69 Å². The number of ether oxygens (including phenoxy) is 1. The maximum absolute atomic E-state index is 11.0. The van der Waals surface area contributed by atoms with Crippen LogP contribution in [0.3, 0.4) is 0 Å². The normalized spacial score (nSPS) is 10.5. The summed E-state index contributed by atoms with van der Waals surface area (Å²) in [4.78, 5) is 15.5. The molecule has 0 unspecified atom stereocenters. The van der Waals surface area contributed by atoms with Crippen molar-refractivity contribution in [2.45, 2.75) is 13.5 Å². The number of hydrogen-bond donors (Lipinski definition) is 1. The van der Waals surface area contributed by atoms with Crippen LogP contribution in [0.5, 0.6) is 5.75 Å². The summed E-state index contributed by atoms with van der Waals surface area (Å²) < 4.78 is 7.67. The molecule has 0 fully saturated rings. The molecule has 3 rings (SSSR count). The molecule has 5 nitrogen and oxygen atoms in total. The van der Waals surface area contributed by atoms with Gasteiger partial charge in [0.1, 0.15) is 18.0 Å². The highest BCUT2D eigenvalue weighted by molar-refractivity contribution is 5.88. The zero-order valence-corrected chi connectivity index (χ0v) is 11.6. The third kappa shape index (κ3) is 3.20. The highest BCUT2D eigenvalue weighted by Gasteiger charge is 2.03. The highest BCUT2D eigenvalue weighted by atomic mass is 16.5. The molecule has 0 bridgehead atoms. The minimum atomic E-state index is -0.104. The van der Waals surface area contributed by atoms with E-state index in [1.165, 1.54) is 6.92 Å². The molecule has 1 N–H and O–H groups in total. The van der Waals surface area contributed by atoms with Crippen LogP contribution < -0.4 is 10.1 Å². The van der Waals surface area contributed by atoms with E-state index < -0.39 is 0 Å². The molecule has 0 radical (unpaired) electrons. The van der Waals surface area contributed by atoms with Crippen molar-refractivity contribution in [3.05, 3.63) is 60.6 Å². The average Bonchev–Trinajstić information content (AvgIpc) is 2.87. The van der Waals surface area contributed by atoms with Crippen molar-refractivity contribution in [1.82, 2.24) is 9.38 Å². The molecule has 0 aliphatic heterocycles. The van der Waals surface area contributed by atoms with E-state index >= 15 is 0 Å². The van der Waals surface area contributed by atoms with E-state index in [0.29, 0.717) is 12.4 Å². The molecular weight excluding hydrogens is 266 g/mol. The fourth-order valence-electron chi connectivity index (χ4n) is 2.08. The van der Waals surface area contributed by atoms with Crippen molar-refractivity contribution in [2.75, 3.05) is 5.32 Å². The quantitative estimate of drug-likeness (QED) is 0.800. The molecule has 3 aromatic rings. The molecule has 0 atom stereocenters. The van der Waals surface area contributed by atoms with Crippen LogP contribution in [0.2, 0.25) is 0 Å². The Balaban J connectivity index is 1.70. The first-order valence-electron chi connectivity index (χ1n) is 6.64. The molecule has 5 heteroatoms. The van der Waals surface area contributed by atoms with E-state index in [2.05, 4.69) is 10.3 Å². The summed E-state index contributed by atoms with van der Waals surface area (Å²) in [5.74, 6) is 0.589. The van der Waals surface area contributed by atoms with Gasteiger partial charge >= 0.3 is 0 Å². The monoisotopic (exact) mass is 281 g/mol. The predicted molar refractivity (Wildman–Crippen MR) is 80.3 cm³/mol. The summed E-state index contributed by atoms with van der Waals surface area (Å²) >= 11 is 0. The fraction of sp³-hybridized carbons (Fsp3) is 0.125. The van der Waals surface area contributed by atoms with Crippen LogP contribution in [-0.4, -0.2) is 15.3 Å². The summed E-state index contributed by atoms with van der Waals surface area (Å²) in [7, 11) is 0. The van der Waals surface area contributed by atoms with Gasteiger partial charge in [-0.05, 0) is 24.3 Å². The maximum Gasteiger partial charge on any atom is 0.221 e. The van der Waals surface area contributed by atoms with E-state index in [1.54, 1.807) is 6.07 Å².